The first kappa shape index (κ1) is 11.1. The van der Waals surface area contributed by atoms with Crippen LogP contribution in [-0.4, -0.2) is 24.9 Å². The molecule has 0 saturated heterocycles. The van der Waals surface area contributed by atoms with E-state index in [1.165, 1.54) is 0 Å². The molecule has 0 atom stereocenters. The van der Waals surface area contributed by atoms with Crippen LogP contribution in [0.25, 0.3) is 5.69 Å². The second-order valence-corrected chi connectivity index (χ2v) is 3.51. The predicted octanol–water partition coefficient (Wildman–Crippen LogP) is -0.290. The molecule has 0 unspecified atom stereocenters. The molecule has 2 aromatic rings. The summed E-state index contributed by atoms with van der Waals surface area (Å²) in [6, 6.07) is 0. The lowest BCUT2D eigenvalue weighted by Gasteiger charge is -2.07. The van der Waals surface area contributed by atoms with Crippen molar-refractivity contribution in [2.45, 2.75) is 13.8 Å². The molecule has 0 aliphatic rings. The van der Waals surface area contributed by atoms with E-state index in [0.29, 0.717) is 16.0 Å². The van der Waals surface area contributed by atoms with Crippen molar-refractivity contribution in [3.05, 3.63) is 38.0 Å². The molecule has 2 rings (SSSR count). The molecule has 0 amide bonds. The first-order chi connectivity index (χ1) is 7.93. The maximum absolute atomic E-state index is 13.2. The minimum absolute atomic E-state index is 0.211. The van der Waals surface area contributed by atoms with Crippen LogP contribution < -0.4 is 11.2 Å². The summed E-state index contributed by atoms with van der Waals surface area (Å²) in [7, 11) is 0. The summed E-state index contributed by atoms with van der Waals surface area (Å²) in [5, 5.41) is 15.9. The van der Waals surface area contributed by atoms with E-state index in [4.69, 9.17) is 0 Å². The average molecular weight is 240 g/mol. The smallest absolute Gasteiger partial charge is 0.336 e. The normalized spacial score (nSPS) is 10.8. The molecule has 90 valence electrons. The fourth-order valence-electron chi connectivity index (χ4n) is 1.59. The summed E-state index contributed by atoms with van der Waals surface area (Å²) < 4.78 is 13.9. The summed E-state index contributed by atoms with van der Waals surface area (Å²) in [5.74, 6) is -2.45. The molecule has 0 spiro atoms. The minimum Gasteiger partial charge on any atom is -0.492 e. The van der Waals surface area contributed by atoms with E-state index in [-0.39, 0.29) is 5.69 Å². The van der Waals surface area contributed by atoms with Crippen molar-refractivity contribution in [2.75, 3.05) is 0 Å². The van der Waals surface area contributed by atoms with Crippen molar-refractivity contribution in [3.63, 3.8) is 0 Å². The van der Waals surface area contributed by atoms with Gasteiger partial charge in [-0.1, -0.05) is 0 Å². The maximum Gasteiger partial charge on any atom is 0.336 e. The van der Waals surface area contributed by atoms with E-state index >= 15 is 0 Å². The maximum atomic E-state index is 13.2. The molecule has 17 heavy (non-hydrogen) atoms. The first-order valence-corrected chi connectivity index (χ1v) is 4.69. The number of hydrogen-bond donors (Lipinski definition) is 3. The van der Waals surface area contributed by atoms with Gasteiger partial charge in [-0.15, -0.1) is 0 Å². The molecule has 0 aromatic carbocycles. The van der Waals surface area contributed by atoms with Gasteiger partial charge < -0.3 is 5.11 Å². The molecule has 2 heterocycles. The van der Waals surface area contributed by atoms with Crippen LogP contribution in [-0.2, 0) is 0 Å². The quantitative estimate of drug-likeness (QED) is 0.637. The number of aryl methyl sites for hydroxylation is 2. The third kappa shape index (κ3) is 1.53. The van der Waals surface area contributed by atoms with E-state index in [1.54, 1.807) is 18.8 Å². The number of H-pyrrole nitrogens is 2. The zero-order valence-corrected chi connectivity index (χ0v) is 9.04. The van der Waals surface area contributed by atoms with Crippen LogP contribution in [0.1, 0.15) is 11.4 Å². The number of halogens is 1. The highest BCUT2D eigenvalue weighted by molar-refractivity contribution is 5.42. The van der Waals surface area contributed by atoms with Crippen LogP contribution in [0.2, 0.25) is 0 Å². The Morgan fingerprint density at radius 1 is 1.35 bits per heavy atom. The van der Waals surface area contributed by atoms with Crippen molar-refractivity contribution in [1.29, 1.82) is 0 Å². The standard InChI is InChI=1S/C9H9FN4O3/c1-3-6(4(2)13-12-3)14-8(16)5(10)7(15)11-9(14)17/h16H,1-2H3,(H,12,13)(H,11,15,17). The lowest BCUT2D eigenvalue weighted by Crippen LogP contribution is -2.31. The molecule has 0 aliphatic heterocycles. The molecule has 0 fully saturated rings. The van der Waals surface area contributed by atoms with Crippen LogP contribution in [0.3, 0.4) is 0 Å². The average Bonchev–Trinajstić information content (AvgIpc) is 2.58. The molecule has 0 radical (unpaired) electrons. The Labute approximate surface area is 93.5 Å². The van der Waals surface area contributed by atoms with E-state index in [2.05, 4.69) is 10.2 Å². The van der Waals surface area contributed by atoms with Crippen molar-refractivity contribution >= 4 is 0 Å². The largest absolute Gasteiger partial charge is 0.492 e. The van der Waals surface area contributed by atoms with Crippen LogP contribution in [0.4, 0.5) is 4.39 Å². The molecule has 0 saturated carbocycles. The van der Waals surface area contributed by atoms with E-state index in [9.17, 15) is 19.1 Å². The highest BCUT2D eigenvalue weighted by Crippen LogP contribution is 2.19. The van der Waals surface area contributed by atoms with Gasteiger partial charge in [-0.3, -0.25) is 14.9 Å². The number of nitrogens with zero attached hydrogens (tertiary/aromatic N) is 2. The Hall–Kier alpha value is -2.38. The summed E-state index contributed by atoms with van der Waals surface area (Å²) in [4.78, 5) is 24.2. The molecule has 3 N–H and O–H groups in total. The second kappa shape index (κ2) is 3.58. The number of aromatic nitrogens is 4. The van der Waals surface area contributed by atoms with Gasteiger partial charge in [-0.2, -0.15) is 9.49 Å². The number of nitrogens with one attached hydrogen (secondary N) is 2. The van der Waals surface area contributed by atoms with Crippen molar-refractivity contribution < 1.29 is 9.50 Å². The Balaban J connectivity index is 2.91. The van der Waals surface area contributed by atoms with Crippen LogP contribution >= 0.6 is 0 Å². The number of aromatic amines is 2. The zero-order valence-electron chi connectivity index (χ0n) is 9.04. The second-order valence-electron chi connectivity index (χ2n) is 3.51. The van der Waals surface area contributed by atoms with Crippen LogP contribution in [0.15, 0.2) is 9.59 Å². The van der Waals surface area contributed by atoms with Gasteiger partial charge in [0, 0.05) is 0 Å². The molecule has 2 aromatic heterocycles. The lowest BCUT2D eigenvalue weighted by molar-refractivity contribution is 0.385. The fraction of sp³-hybridized carbons (Fsp3) is 0.222. The minimum atomic E-state index is -1.41. The van der Waals surface area contributed by atoms with Gasteiger partial charge >= 0.3 is 5.69 Å². The monoisotopic (exact) mass is 240 g/mol. The Kier molecular flexibility index (Phi) is 2.34. The summed E-state index contributed by atoms with van der Waals surface area (Å²) in [6.45, 7) is 3.18. The van der Waals surface area contributed by atoms with Gasteiger partial charge in [-0.25, -0.2) is 9.36 Å². The summed E-state index contributed by atoms with van der Waals surface area (Å²) in [6.07, 6.45) is 0. The zero-order chi connectivity index (χ0) is 12.7. The number of rotatable bonds is 1. The molecule has 0 bridgehead atoms. The van der Waals surface area contributed by atoms with Crippen LogP contribution in [0, 0.1) is 19.7 Å². The third-order valence-electron chi connectivity index (χ3n) is 2.34. The van der Waals surface area contributed by atoms with Gasteiger partial charge in [-0.05, 0) is 13.8 Å². The Morgan fingerprint density at radius 2 is 2.00 bits per heavy atom. The number of aromatic hydroxyl groups is 1. The highest BCUT2D eigenvalue weighted by Gasteiger charge is 2.19. The van der Waals surface area contributed by atoms with Crippen molar-refractivity contribution in [1.82, 2.24) is 19.7 Å². The van der Waals surface area contributed by atoms with Gasteiger partial charge in [0.15, 0.2) is 0 Å². The van der Waals surface area contributed by atoms with Crippen molar-refractivity contribution in [3.8, 4) is 11.6 Å². The summed E-state index contributed by atoms with van der Waals surface area (Å²) >= 11 is 0. The van der Waals surface area contributed by atoms with Crippen molar-refractivity contribution in [2.24, 2.45) is 0 Å². The lowest BCUT2D eigenvalue weighted by atomic mass is 10.3. The van der Waals surface area contributed by atoms with Gasteiger partial charge in [0.1, 0.15) is 0 Å². The summed E-state index contributed by atoms with van der Waals surface area (Å²) in [5.41, 5.74) is -1.12. The van der Waals surface area contributed by atoms with E-state index in [0.717, 1.165) is 0 Å². The fourth-order valence-corrected chi connectivity index (χ4v) is 1.59. The Morgan fingerprint density at radius 3 is 2.53 bits per heavy atom. The molecule has 0 aliphatic carbocycles. The highest BCUT2D eigenvalue weighted by atomic mass is 19.1. The molecule has 8 heteroatoms. The van der Waals surface area contributed by atoms with Gasteiger partial charge in [0.05, 0.1) is 17.1 Å². The van der Waals surface area contributed by atoms with Gasteiger partial charge in [0.2, 0.25) is 11.7 Å². The molecular weight excluding hydrogens is 231 g/mol. The topological polar surface area (TPSA) is 104 Å². The third-order valence-corrected chi connectivity index (χ3v) is 2.34. The Bertz CT molecular complexity index is 678. The predicted molar refractivity (Wildman–Crippen MR) is 55.9 cm³/mol. The molecule has 7 nitrogen and oxygen atoms in total. The first-order valence-electron chi connectivity index (χ1n) is 4.69. The van der Waals surface area contributed by atoms with E-state index < -0.39 is 22.9 Å². The molecular formula is C9H9FN4O3. The van der Waals surface area contributed by atoms with Crippen LogP contribution in [0.5, 0.6) is 5.88 Å². The van der Waals surface area contributed by atoms with Gasteiger partial charge in [0.25, 0.3) is 5.56 Å². The number of hydrogen-bond acceptors (Lipinski definition) is 4. The van der Waals surface area contributed by atoms with E-state index in [1.807, 2.05) is 0 Å². The SMILES string of the molecule is Cc1n[nH]c(C)c1-n1c(O)c(F)c(=O)[nH]c1=O.